The van der Waals surface area contributed by atoms with Crippen molar-refractivity contribution in [2.24, 2.45) is 0 Å². The van der Waals surface area contributed by atoms with Gasteiger partial charge in [0.1, 0.15) is 5.75 Å². The van der Waals surface area contributed by atoms with E-state index in [2.05, 4.69) is 10.2 Å². The lowest BCUT2D eigenvalue weighted by atomic mass is 10.1. The quantitative estimate of drug-likeness (QED) is 0.889. The summed E-state index contributed by atoms with van der Waals surface area (Å²) in [5.74, 6) is -1.59. The Bertz CT molecular complexity index is 720. The van der Waals surface area contributed by atoms with Crippen molar-refractivity contribution in [2.45, 2.75) is 5.75 Å². The van der Waals surface area contributed by atoms with Crippen LogP contribution in [-0.4, -0.2) is 35.9 Å². The number of hydrogen-bond acceptors (Lipinski definition) is 6. The Morgan fingerprint density at radius 3 is 2.63 bits per heavy atom. The third-order valence-electron chi connectivity index (χ3n) is 2.24. The van der Waals surface area contributed by atoms with Crippen LogP contribution in [0.25, 0.3) is 11.5 Å². The van der Waals surface area contributed by atoms with Crippen molar-refractivity contribution in [3.63, 3.8) is 0 Å². The third kappa shape index (κ3) is 3.16. The lowest BCUT2D eigenvalue weighted by Crippen LogP contribution is -2.00. The number of rotatable bonds is 4. The van der Waals surface area contributed by atoms with Crippen molar-refractivity contribution < 1.29 is 22.7 Å². The zero-order valence-corrected chi connectivity index (χ0v) is 10.7. The maximum atomic E-state index is 11.1. The highest BCUT2D eigenvalue weighted by molar-refractivity contribution is 7.89. The van der Waals surface area contributed by atoms with Crippen molar-refractivity contribution in [3.05, 3.63) is 35.7 Å². The molecule has 8 heteroatoms. The zero-order chi connectivity index (χ0) is 14.0. The van der Waals surface area contributed by atoms with Gasteiger partial charge in [-0.05, 0) is 12.1 Å². The van der Waals surface area contributed by atoms with E-state index in [9.17, 15) is 13.2 Å². The molecule has 0 amide bonds. The minimum Gasteiger partial charge on any atom is -0.478 e. The summed E-state index contributed by atoms with van der Waals surface area (Å²) in [5.41, 5.74) is 0.263. The average Bonchev–Trinajstić information content (AvgIpc) is 2.75. The normalized spacial score (nSPS) is 11.4. The van der Waals surface area contributed by atoms with Crippen LogP contribution in [0.15, 0.2) is 28.7 Å². The van der Waals surface area contributed by atoms with Crippen LogP contribution in [0.3, 0.4) is 0 Å². The highest BCUT2D eigenvalue weighted by Gasteiger charge is 2.18. The lowest BCUT2D eigenvalue weighted by Gasteiger charge is -2.00. The Morgan fingerprint density at radius 1 is 1.32 bits per heavy atom. The van der Waals surface area contributed by atoms with E-state index in [4.69, 9.17) is 9.52 Å². The Balaban J connectivity index is 2.41. The first-order valence-corrected chi connectivity index (χ1v) is 7.25. The summed E-state index contributed by atoms with van der Waals surface area (Å²) >= 11 is 0. The molecule has 0 aliphatic heterocycles. The van der Waals surface area contributed by atoms with Gasteiger partial charge in [-0.3, -0.25) is 0 Å². The molecular formula is C11H10N2O5S. The van der Waals surface area contributed by atoms with E-state index in [1.807, 2.05) is 0 Å². The van der Waals surface area contributed by atoms with Crippen molar-refractivity contribution in [2.75, 3.05) is 6.26 Å². The largest absolute Gasteiger partial charge is 0.478 e. The second-order valence-corrected chi connectivity index (χ2v) is 6.06. The Morgan fingerprint density at radius 2 is 2.00 bits per heavy atom. The van der Waals surface area contributed by atoms with Crippen molar-refractivity contribution in [1.82, 2.24) is 10.2 Å². The number of benzene rings is 1. The number of carboxylic acids is 1. The van der Waals surface area contributed by atoms with E-state index in [0.717, 1.165) is 6.26 Å². The molecule has 1 N–H and O–H groups in total. The molecule has 0 bridgehead atoms. The summed E-state index contributed by atoms with van der Waals surface area (Å²) in [6, 6.07) is 6.11. The third-order valence-corrected chi connectivity index (χ3v) is 3.01. The second kappa shape index (κ2) is 4.81. The fourth-order valence-corrected chi connectivity index (χ4v) is 2.07. The molecule has 7 nitrogen and oxygen atoms in total. The van der Waals surface area contributed by atoms with Crippen LogP contribution < -0.4 is 0 Å². The smallest absolute Gasteiger partial charge is 0.336 e. The number of aromatic nitrogens is 2. The van der Waals surface area contributed by atoms with E-state index >= 15 is 0 Å². The number of carboxylic acid groups (broad SMARTS) is 1. The van der Waals surface area contributed by atoms with Crippen molar-refractivity contribution in [1.29, 1.82) is 0 Å². The van der Waals surface area contributed by atoms with Gasteiger partial charge in [-0.1, -0.05) is 12.1 Å². The lowest BCUT2D eigenvalue weighted by molar-refractivity contribution is 0.0697. The molecule has 0 radical (unpaired) electrons. The zero-order valence-electron chi connectivity index (χ0n) is 9.90. The topological polar surface area (TPSA) is 110 Å². The number of carbonyl (C=O) groups is 1. The molecule has 0 atom stereocenters. The van der Waals surface area contributed by atoms with Gasteiger partial charge in [0.25, 0.3) is 0 Å². The molecule has 0 saturated carbocycles. The number of hydrogen-bond donors (Lipinski definition) is 1. The van der Waals surface area contributed by atoms with E-state index < -0.39 is 15.8 Å². The molecule has 0 unspecified atom stereocenters. The molecule has 2 aromatic rings. The van der Waals surface area contributed by atoms with Gasteiger partial charge >= 0.3 is 5.97 Å². The fourth-order valence-electron chi connectivity index (χ4n) is 1.50. The molecule has 0 aliphatic carbocycles. The summed E-state index contributed by atoms with van der Waals surface area (Å²) < 4.78 is 27.4. The average molecular weight is 282 g/mol. The van der Waals surface area contributed by atoms with Crippen LogP contribution in [0.4, 0.5) is 0 Å². The van der Waals surface area contributed by atoms with Crippen molar-refractivity contribution in [3.8, 4) is 11.5 Å². The van der Waals surface area contributed by atoms with E-state index in [-0.39, 0.29) is 28.7 Å². The molecule has 0 fully saturated rings. The van der Waals surface area contributed by atoms with Gasteiger partial charge in [0.2, 0.25) is 11.8 Å². The Hall–Kier alpha value is -2.22. The SMILES string of the molecule is CS(=O)(=O)Cc1nnc(-c2ccccc2C(=O)O)o1. The standard InChI is InChI=1S/C11H10N2O5S/c1-19(16,17)6-9-12-13-10(18-9)7-4-2-3-5-8(7)11(14)15/h2-5H,6H2,1H3,(H,14,15). The van der Waals surface area contributed by atoms with Gasteiger partial charge in [-0.15, -0.1) is 10.2 Å². The van der Waals surface area contributed by atoms with Crippen LogP contribution in [-0.2, 0) is 15.6 Å². The molecule has 1 aromatic carbocycles. The molecule has 0 spiro atoms. The summed E-state index contributed by atoms with van der Waals surface area (Å²) in [6.07, 6.45) is 1.04. The summed E-state index contributed by atoms with van der Waals surface area (Å²) in [7, 11) is -3.29. The molecule has 19 heavy (non-hydrogen) atoms. The summed E-state index contributed by atoms with van der Waals surface area (Å²) in [5, 5.41) is 16.3. The van der Waals surface area contributed by atoms with Gasteiger partial charge in [-0.2, -0.15) is 0 Å². The van der Waals surface area contributed by atoms with Gasteiger partial charge < -0.3 is 9.52 Å². The van der Waals surface area contributed by atoms with Crippen LogP contribution >= 0.6 is 0 Å². The maximum Gasteiger partial charge on any atom is 0.336 e. The predicted octanol–water partition coefficient (Wildman–Crippen LogP) is 0.979. The second-order valence-electron chi connectivity index (χ2n) is 3.92. The van der Waals surface area contributed by atoms with E-state index in [1.165, 1.54) is 12.1 Å². The Kier molecular flexibility index (Phi) is 3.34. The molecule has 1 aromatic heterocycles. The molecular weight excluding hydrogens is 272 g/mol. The molecule has 0 saturated heterocycles. The van der Waals surface area contributed by atoms with Crippen molar-refractivity contribution >= 4 is 15.8 Å². The van der Waals surface area contributed by atoms with Gasteiger partial charge in [0, 0.05) is 6.26 Å². The van der Waals surface area contributed by atoms with E-state index in [0.29, 0.717) is 0 Å². The number of sulfone groups is 1. The van der Waals surface area contributed by atoms with Gasteiger partial charge in [0.05, 0.1) is 11.1 Å². The number of aromatic carboxylic acids is 1. The summed E-state index contributed by atoms with van der Waals surface area (Å²) in [6.45, 7) is 0. The Labute approximate surface area is 108 Å². The van der Waals surface area contributed by atoms with Gasteiger partial charge in [-0.25, -0.2) is 13.2 Å². The van der Waals surface area contributed by atoms with Crippen LogP contribution in [0, 0.1) is 0 Å². The first kappa shape index (κ1) is 13.2. The minimum absolute atomic E-state index is 0.0112. The molecule has 0 aliphatic rings. The molecule has 2 rings (SSSR count). The predicted molar refractivity (Wildman–Crippen MR) is 65.2 cm³/mol. The maximum absolute atomic E-state index is 11.1. The van der Waals surface area contributed by atoms with Gasteiger partial charge in [0.15, 0.2) is 9.84 Å². The summed E-state index contributed by atoms with van der Waals surface area (Å²) in [4.78, 5) is 11.0. The first-order chi connectivity index (χ1) is 8.87. The first-order valence-electron chi connectivity index (χ1n) is 5.19. The monoisotopic (exact) mass is 282 g/mol. The minimum atomic E-state index is -3.29. The van der Waals surface area contributed by atoms with Crippen LogP contribution in [0.2, 0.25) is 0 Å². The molecule has 1 heterocycles. The molecule has 100 valence electrons. The van der Waals surface area contributed by atoms with E-state index in [1.54, 1.807) is 12.1 Å². The highest BCUT2D eigenvalue weighted by Crippen LogP contribution is 2.22. The number of nitrogens with zero attached hydrogens (tertiary/aromatic N) is 2. The highest BCUT2D eigenvalue weighted by atomic mass is 32.2. The van der Waals surface area contributed by atoms with Crippen LogP contribution in [0.5, 0.6) is 0 Å². The van der Waals surface area contributed by atoms with Crippen LogP contribution in [0.1, 0.15) is 16.2 Å². The fraction of sp³-hybridized carbons (Fsp3) is 0.182.